The van der Waals surface area contributed by atoms with Crippen molar-refractivity contribution in [1.82, 2.24) is 4.90 Å². The monoisotopic (exact) mass is 239 g/mol. The summed E-state index contributed by atoms with van der Waals surface area (Å²) in [6, 6.07) is 0. The standard InChI is InChI=1S/C13H21NO3/c1-4-17-13(16)11-6-5-7-14(9-11)12(15)8-10(2)3/h8,11H,4-7,9H2,1-3H3. The second kappa shape index (κ2) is 6.42. The largest absolute Gasteiger partial charge is 0.466 e. The van der Waals surface area contributed by atoms with E-state index in [4.69, 9.17) is 4.74 Å². The van der Waals surface area contributed by atoms with Gasteiger partial charge in [-0.25, -0.2) is 0 Å². The van der Waals surface area contributed by atoms with Crippen molar-refractivity contribution in [2.24, 2.45) is 5.92 Å². The highest BCUT2D eigenvalue weighted by molar-refractivity contribution is 5.88. The molecule has 0 saturated carbocycles. The Morgan fingerprint density at radius 1 is 1.41 bits per heavy atom. The van der Waals surface area contributed by atoms with Gasteiger partial charge < -0.3 is 9.64 Å². The van der Waals surface area contributed by atoms with Gasteiger partial charge in [0.1, 0.15) is 0 Å². The van der Waals surface area contributed by atoms with Crippen molar-refractivity contribution in [2.45, 2.75) is 33.6 Å². The van der Waals surface area contributed by atoms with Crippen LogP contribution in [0.3, 0.4) is 0 Å². The van der Waals surface area contributed by atoms with Gasteiger partial charge in [0.25, 0.3) is 0 Å². The maximum atomic E-state index is 11.8. The Hall–Kier alpha value is -1.32. The Kier molecular flexibility index (Phi) is 5.19. The van der Waals surface area contributed by atoms with E-state index < -0.39 is 0 Å². The van der Waals surface area contributed by atoms with Crippen molar-refractivity contribution in [2.75, 3.05) is 19.7 Å². The third-order valence-corrected chi connectivity index (χ3v) is 2.77. The molecule has 0 radical (unpaired) electrons. The molecule has 1 heterocycles. The average molecular weight is 239 g/mol. The number of carbonyl (C=O) groups is 2. The highest BCUT2D eigenvalue weighted by atomic mass is 16.5. The number of nitrogens with zero attached hydrogens (tertiary/aromatic N) is 1. The van der Waals surface area contributed by atoms with E-state index in [1.807, 2.05) is 13.8 Å². The summed E-state index contributed by atoms with van der Waals surface area (Å²) in [7, 11) is 0. The molecule has 0 N–H and O–H groups in total. The quantitative estimate of drug-likeness (QED) is 0.557. The Labute approximate surface area is 103 Å². The van der Waals surface area contributed by atoms with Crippen molar-refractivity contribution in [3.63, 3.8) is 0 Å². The second-order valence-electron chi connectivity index (χ2n) is 4.60. The molecule has 1 atom stereocenters. The van der Waals surface area contributed by atoms with E-state index >= 15 is 0 Å². The predicted molar refractivity (Wildman–Crippen MR) is 65.4 cm³/mol. The molecule has 1 aliphatic rings. The summed E-state index contributed by atoms with van der Waals surface area (Å²) >= 11 is 0. The molecule has 0 spiro atoms. The number of hydrogen-bond acceptors (Lipinski definition) is 3. The summed E-state index contributed by atoms with van der Waals surface area (Å²) in [5.41, 5.74) is 0.980. The van der Waals surface area contributed by atoms with E-state index in [0.29, 0.717) is 13.2 Å². The fourth-order valence-corrected chi connectivity index (χ4v) is 1.97. The molecule has 96 valence electrons. The van der Waals surface area contributed by atoms with Crippen LogP contribution in [0, 0.1) is 5.92 Å². The number of amides is 1. The minimum Gasteiger partial charge on any atom is -0.466 e. The molecule has 0 aromatic heterocycles. The summed E-state index contributed by atoms with van der Waals surface area (Å²) in [6.07, 6.45) is 3.30. The van der Waals surface area contributed by atoms with Gasteiger partial charge in [0.15, 0.2) is 0 Å². The maximum Gasteiger partial charge on any atom is 0.310 e. The summed E-state index contributed by atoms with van der Waals surface area (Å²) < 4.78 is 5.00. The molecule has 1 amide bonds. The maximum absolute atomic E-state index is 11.8. The van der Waals surface area contributed by atoms with Crippen molar-refractivity contribution in [3.8, 4) is 0 Å². The minimum absolute atomic E-state index is 0.000927. The van der Waals surface area contributed by atoms with Crippen LogP contribution in [0.4, 0.5) is 0 Å². The zero-order chi connectivity index (χ0) is 12.8. The topological polar surface area (TPSA) is 46.6 Å². The van der Waals surface area contributed by atoms with Gasteiger partial charge >= 0.3 is 5.97 Å². The van der Waals surface area contributed by atoms with Crippen LogP contribution in [-0.2, 0) is 14.3 Å². The van der Waals surface area contributed by atoms with Gasteiger partial charge in [-0.15, -0.1) is 0 Å². The van der Waals surface area contributed by atoms with E-state index in [1.165, 1.54) is 0 Å². The minimum atomic E-state index is -0.179. The fraction of sp³-hybridized carbons (Fsp3) is 0.692. The van der Waals surface area contributed by atoms with Crippen LogP contribution in [0.2, 0.25) is 0 Å². The zero-order valence-electron chi connectivity index (χ0n) is 10.9. The van der Waals surface area contributed by atoms with Crippen LogP contribution in [0.5, 0.6) is 0 Å². The zero-order valence-corrected chi connectivity index (χ0v) is 10.9. The lowest BCUT2D eigenvalue weighted by Gasteiger charge is -2.30. The van der Waals surface area contributed by atoms with Crippen LogP contribution in [-0.4, -0.2) is 36.5 Å². The average Bonchev–Trinajstić information content (AvgIpc) is 2.28. The van der Waals surface area contributed by atoms with Crippen molar-refractivity contribution < 1.29 is 14.3 Å². The number of esters is 1. The molecule has 0 aromatic carbocycles. The smallest absolute Gasteiger partial charge is 0.310 e. The van der Waals surface area contributed by atoms with Gasteiger partial charge in [0.05, 0.1) is 12.5 Å². The molecule has 0 aromatic rings. The molecule has 1 saturated heterocycles. The molecular formula is C13H21NO3. The third kappa shape index (κ3) is 4.21. The Balaban J connectivity index is 2.57. The molecule has 0 bridgehead atoms. The van der Waals surface area contributed by atoms with E-state index in [9.17, 15) is 9.59 Å². The van der Waals surface area contributed by atoms with Crippen molar-refractivity contribution in [1.29, 1.82) is 0 Å². The summed E-state index contributed by atoms with van der Waals surface area (Å²) in [5, 5.41) is 0. The number of ether oxygens (including phenoxy) is 1. The van der Waals surface area contributed by atoms with Gasteiger partial charge in [0, 0.05) is 19.2 Å². The number of rotatable bonds is 3. The molecule has 1 aliphatic heterocycles. The lowest BCUT2D eigenvalue weighted by molar-refractivity contribution is -0.150. The molecule has 0 aliphatic carbocycles. The lowest BCUT2D eigenvalue weighted by atomic mass is 9.98. The van der Waals surface area contributed by atoms with Crippen molar-refractivity contribution in [3.05, 3.63) is 11.6 Å². The molecule has 17 heavy (non-hydrogen) atoms. The molecule has 4 heteroatoms. The van der Waals surface area contributed by atoms with Crippen LogP contribution in [0.25, 0.3) is 0 Å². The van der Waals surface area contributed by atoms with Crippen LogP contribution < -0.4 is 0 Å². The second-order valence-corrected chi connectivity index (χ2v) is 4.60. The van der Waals surface area contributed by atoms with E-state index in [0.717, 1.165) is 25.0 Å². The van der Waals surface area contributed by atoms with Gasteiger partial charge in [0.2, 0.25) is 5.91 Å². The first-order valence-electron chi connectivity index (χ1n) is 6.15. The van der Waals surface area contributed by atoms with Crippen LogP contribution in [0.1, 0.15) is 33.6 Å². The molecular weight excluding hydrogens is 218 g/mol. The number of carbonyl (C=O) groups excluding carboxylic acids is 2. The normalized spacial score (nSPS) is 19.7. The highest BCUT2D eigenvalue weighted by Gasteiger charge is 2.28. The first-order valence-corrected chi connectivity index (χ1v) is 6.15. The molecule has 4 nitrogen and oxygen atoms in total. The first-order chi connectivity index (χ1) is 8.04. The summed E-state index contributed by atoms with van der Waals surface area (Å²) in [5.74, 6) is -0.334. The molecule has 1 rings (SSSR count). The van der Waals surface area contributed by atoms with Gasteiger partial charge in [-0.2, -0.15) is 0 Å². The fourth-order valence-electron chi connectivity index (χ4n) is 1.97. The highest BCUT2D eigenvalue weighted by Crippen LogP contribution is 2.18. The van der Waals surface area contributed by atoms with Gasteiger partial charge in [-0.1, -0.05) is 5.57 Å². The Bertz CT molecular complexity index is 319. The lowest BCUT2D eigenvalue weighted by Crippen LogP contribution is -2.42. The number of allylic oxidation sites excluding steroid dienone is 1. The Morgan fingerprint density at radius 3 is 2.71 bits per heavy atom. The van der Waals surface area contributed by atoms with Gasteiger partial charge in [-0.3, -0.25) is 9.59 Å². The van der Waals surface area contributed by atoms with Gasteiger partial charge in [-0.05, 0) is 33.6 Å². The molecule has 1 fully saturated rings. The Morgan fingerprint density at radius 2 is 2.12 bits per heavy atom. The van der Waals surface area contributed by atoms with E-state index in [-0.39, 0.29) is 17.8 Å². The predicted octanol–water partition coefficient (Wildman–Crippen LogP) is 1.75. The van der Waals surface area contributed by atoms with Crippen molar-refractivity contribution >= 4 is 11.9 Å². The van der Waals surface area contributed by atoms with Crippen LogP contribution >= 0.6 is 0 Å². The first kappa shape index (κ1) is 13.7. The summed E-state index contributed by atoms with van der Waals surface area (Å²) in [4.78, 5) is 25.2. The summed E-state index contributed by atoms with van der Waals surface area (Å²) in [6.45, 7) is 7.21. The number of piperidine rings is 1. The van der Waals surface area contributed by atoms with Crippen LogP contribution in [0.15, 0.2) is 11.6 Å². The van der Waals surface area contributed by atoms with E-state index in [2.05, 4.69) is 0 Å². The number of likely N-dealkylation sites (tertiary alicyclic amines) is 1. The van der Waals surface area contributed by atoms with E-state index in [1.54, 1.807) is 17.9 Å². The SMILES string of the molecule is CCOC(=O)C1CCCN(C(=O)C=C(C)C)C1. The number of hydrogen-bond donors (Lipinski definition) is 0. The third-order valence-electron chi connectivity index (χ3n) is 2.77. The molecule has 1 unspecified atom stereocenters.